The molecule has 3 unspecified atom stereocenters. The zero-order valence-corrected chi connectivity index (χ0v) is 35.4. The SMILES string of the molecule is CCn1c(-c2cccnc2C(C)OC)c(CC(C)(C)COC(C)=O)c2cc(-c3cc(O)cc(CC(NC(=O)C(C(C)C)N(C)C)C(=O)N4CCCCN4)c3)ccc21. The predicted molar refractivity (Wildman–Crippen MR) is 224 cm³/mol. The third-order valence-corrected chi connectivity index (χ3v) is 10.8. The van der Waals surface area contributed by atoms with Crippen molar-refractivity contribution in [1.82, 2.24) is 30.2 Å². The molecular weight excluding hydrogens is 721 g/mol. The highest BCUT2D eigenvalue weighted by molar-refractivity contribution is 5.95. The van der Waals surface area contributed by atoms with E-state index in [9.17, 15) is 19.5 Å². The molecule has 12 heteroatoms. The number of amides is 2. The van der Waals surface area contributed by atoms with Crippen molar-refractivity contribution < 1.29 is 29.0 Å². The normalized spacial score (nSPS) is 15.2. The van der Waals surface area contributed by atoms with Gasteiger partial charge in [-0.1, -0.05) is 39.8 Å². The maximum Gasteiger partial charge on any atom is 0.302 e. The summed E-state index contributed by atoms with van der Waals surface area (Å²) < 4.78 is 13.6. The quantitative estimate of drug-likeness (QED) is 0.106. The van der Waals surface area contributed by atoms with Crippen LogP contribution in [-0.2, 0) is 43.2 Å². The molecule has 5 rings (SSSR count). The third kappa shape index (κ3) is 10.2. The molecule has 3 heterocycles. The molecule has 2 amide bonds. The van der Waals surface area contributed by atoms with Gasteiger partial charge in [-0.25, -0.2) is 5.43 Å². The molecule has 1 fully saturated rings. The van der Waals surface area contributed by atoms with Gasteiger partial charge in [0, 0.05) is 68.2 Å². The first-order chi connectivity index (χ1) is 27.0. The van der Waals surface area contributed by atoms with E-state index in [1.54, 1.807) is 30.4 Å². The zero-order chi connectivity index (χ0) is 41.6. The van der Waals surface area contributed by atoms with Crippen LogP contribution < -0.4 is 10.7 Å². The Balaban J connectivity index is 1.62. The number of aromatic hydroxyl groups is 1. The number of hydrogen-bond donors (Lipinski definition) is 3. The molecule has 57 heavy (non-hydrogen) atoms. The summed E-state index contributed by atoms with van der Waals surface area (Å²) in [7, 11) is 5.41. The number of phenols is 1. The van der Waals surface area contributed by atoms with Gasteiger partial charge in [-0.05, 0) is 112 Å². The molecule has 3 N–H and O–H groups in total. The van der Waals surface area contributed by atoms with Crippen LogP contribution in [0, 0.1) is 11.3 Å². The molecule has 308 valence electrons. The van der Waals surface area contributed by atoms with Gasteiger partial charge in [0.2, 0.25) is 5.91 Å². The number of nitrogens with zero attached hydrogens (tertiary/aromatic N) is 4. The van der Waals surface area contributed by atoms with E-state index in [0.717, 1.165) is 62.9 Å². The fourth-order valence-electron chi connectivity index (χ4n) is 8.15. The van der Waals surface area contributed by atoms with Crippen LogP contribution in [0.2, 0.25) is 0 Å². The van der Waals surface area contributed by atoms with E-state index in [4.69, 9.17) is 14.5 Å². The number of rotatable bonds is 16. The number of hydrogen-bond acceptors (Lipinski definition) is 9. The average molecular weight is 783 g/mol. The second kappa shape index (κ2) is 18.7. The minimum atomic E-state index is -0.850. The number of pyridine rings is 1. The van der Waals surface area contributed by atoms with E-state index < -0.39 is 17.5 Å². The van der Waals surface area contributed by atoms with Gasteiger partial charge in [0.25, 0.3) is 5.91 Å². The number of likely N-dealkylation sites (N-methyl/N-ethyl adjacent to an activating group) is 1. The highest BCUT2D eigenvalue weighted by Crippen LogP contribution is 2.42. The minimum absolute atomic E-state index is 0.0273. The number of phenolic OH excluding ortho intramolecular Hbond substituents is 1. The Morgan fingerprint density at radius 1 is 1.05 bits per heavy atom. The number of methoxy groups -OCH3 is 1. The standard InChI is InChI=1S/C45H62N6O6/c1-11-50-39-17-16-32(25-36(39)37(26-45(6,7)27-57-30(5)52)42(50)35-15-14-18-46-40(35)29(4)56-10)33-21-31(22-34(53)24-33)23-38(44(55)51-20-13-12-19-47-51)48-43(54)41(28(2)3)49(8)9/h14-18,21-22,24-25,28-29,38,41,47,53H,11-13,19-20,23,26-27H2,1-10H3,(H,48,54). The smallest absolute Gasteiger partial charge is 0.302 e. The lowest BCUT2D eigenvalue weighted by molar-refractivity contribution is -0.144. The second-order valence-electron chi connectivity index (χ2n) is 16.6. The first-order valence-electron chi connectivity index (χ1n) is 20.2. The van der Waals surface area contributed by atoms with Crippen molar-refractivity contribution in [3.05, 3.63) is 71.5 Å². The van der Waals surface area contributed by atoms with Crippen LogP contribution in [-0.4, -0.2) is 95.3 Å². The van der Waals surface area contributed by atoms with E-state index in [1.165, 1.54) is 6.92 Å². The number of hydrazine groups is 1. The van der Waals surface area contributed by atoms with Crippen LogP contribution >= 0.6 is 0 Å². The topological polar surface area (TPSA) is 138 Å². The Morgan fingerprint density at radius 3 is 2.44 bits per heavy atom. The van der Waals surface area contributed by atoms with Crippen LogP contribution in [0.5, 0.6) is 5.75 Å². The lowest BCUT2D eigenvalue weighted by atomic mass is 9.84. The van der Waals surface area contributed by atoms with Gasteiger partial charge in [0.1, 0.15) is 11.8 Å². The van der Waals surface area contributed by atoms with Gasteiger partial charge >= 0.3 is 5.97 Å². The van der Waals surface area contributed by atoms with Crippen molar-refractivity contribution in [3.63, 3.8) is 0 Å². The molecule has 12 nitrogen and oxygen atoms in total. The molecule has 4 aromatic rings. The fraction of sp³-hybridized carbons (Fsp3) is 0.511. The van der Waals surface area contributed by atoms with Crippen molar-refractivity contribution in [2.45, 2.75) is 98.9 Å². The van der Waals surface area contributed by atoms with E-state index in [1.807, 2.05) is 51.9 Å². The lowest BCUT2D eigenvalue weighted by Crippen LogP contribution is -2.58. The monoisotopic (exact) mass is 782 g/mol. The number of nitrogens with one attached hydrogen (secondary N) is 2. The van der Waals surface area contributed by atoms with Crippen LogP contribution in [0.25, 0.3) is 33.3 Å². The van der Waals surface area contributed by atoms with Crippen molar-refractivity contribution in [1.29, 1.82) is 0 Å². The summed E-state index contributed by atoms with van der Waals surface area (Å²) in [5.41, 5.74) is 10.1. The number of fused-ring (bicyclic) bond motifs is 1. The molecular formula is C45H62N6O6. The largest absolute Gasteiger partial charge is 0.508 e. The summed E-state index contributed by atoms with van der Waals surface area (Å²) in [6.07, 6.45) is 4.18. The predicted octanol–water partition coefficient (Wildman–Crippen LogP) is 6.68. The first kappa shape index (κ1) is 43.3. The highest BCUT2D eigenvalue weighted by Gasteiger charge is 2.33. The summed E-state index contributed by atoms with van der Waals surface area (Å²) in [4.78, 5) is 46.3. The van der Waals surface area contributed by atoms with E-state index in [-0.39, 0.29) is 48.6 Å². The number of carbonyl (C=O) groups excluding carboxylic acids is 3. The number of benzene rings is 2. The highest BCUT2D eigenvalue weighted by atomic mass is 16.5. The maximum absolute atomic E-state index is 14.0. The number of esters is 1. The molecule has 1 saturated heterocycles. The first-order valence-corrected chi connectivity index (χ1v) is 20.2. The molecule has 3 atom stereocenters. The molecule has 0 saturated carbocycles. The van der Waals surface area contributed by atoms with Crippen LogP contribution in [0.1, 0.15) is 84.2 Å². The van der Waals surface area contributed by atoms with Gasteiger partial charge in [-0.2, -0.15) is 0 Å². The van der Waals surface area contributed by atoms with Gasteiger partial charge in [-0.3, -0.25) is 29.3 Å². The minimum Gasteiger partial charge on any atom is -0.508 e. The molecule has 0 radical (unpaired) electrons. The van der Waals surface area contributed by atoms with Crippen molar-refractivity contribution in [3.8, 4) is 28.1 Å². The Labute approximate surface area is 337 Å². The Morgan fingerprint density at radius 2 is 1.81 bits per heavy atom. The summed E-state index contributed by atoms with van der Waals surface area (Å²) in [6.45, 7) is 15.9. The fourth-order valence-corrected chi connectivity index (χ4v) is 8.15. The van der Waals surface area contributed by atoms with Gasteiger partial charge in [0.15, 0.2) is 0 Å². The van der Waals surface area contributed by atoms with Crippen LogP contribution in [0.3, 0.4) is 0 Å². The second-order valence-corrected chi connectivity index (χ2v) is 16.6. The molecule has 2 aromatic heterocycles. The Kier molecular flexibility index (Phi) is 14.2. The number of aromatic nitrogens is 2. The van der Waals surface area contributed by atoms with Crippen LogP contribution in [0.15, 0.2) is 54.7 Å². The molecule has 2 aromatic carbocycles. The average Bonchev–Trinajstić information content (AvgIpc) is 3.47. The van der Waals surface area contributed by atoms with Gasteiger partial charge in [0.05, 0.1) is 30.1 Å². The summed E-state index contributed by atoms with van der Waals surface area (Å²) in [6, 6.07) is 14.5. The van der Waals surface area contributed by atoms with Crippen molar-refractivity contribution >= 4 is 28.7 Å². The Bertz CT molecular complexity index is 2040. The number of ether oxygens (including phenoxy) is 2. The Hall–Kier alpha value is -4.78. The summed E-state index contributed by atoms with van der Waals surface area (Å²) in [5.74, 6) is -0.652. The maximum atomic E-state index is 14.0. The summed E-state index contributed by atoms with van der Waals surface area (Å²) in [5, 5.41) is 16.9. The molecule has 0 bridgehead atoms. The van der Waals surface area contributed by atoms with Gasteiger partial charge in [-0.15, -0.1) is 0 Å². The third-order valence-electron chi connectivity index (χ3n) is 10.8. The van der Waals surface area contributed by atoms with E-state index in [0.29, 0.717) is 26.1 Å². The molecule has 1 aliphatic heterocycles. The zero-order valence-electron chi connectivity index (χ0n) is 35.4. The molecule has 1 aliphatic rings. The lowest BCUT2D eigenvalue weighted by Gasteiger charge is -2.33. The van der Waals surface area contributed by atoms with Crippen LogP contribution in [0.4, 0.5) is 0 Å². The molecule has 0 spiro atoms. The summed E-state index contributed by atoms with van der Waals surface area (Å²) >= 11 is 0. The van der Waals surface area contributed by atoms with E-state index in [2.05, 4.69) is 60.3 Å². The van der Waals surface area contributed by atoms with Crippen molar-refractivity contribution in [2.75, 3.05) is 40.9 Å². The van der Waals surface area contributed by atoms with Gasteiger partial charge < -0.3 is 24.5 Å². The van der Waals surface area contributed by atoms with Crippen molar-refractivity contribution in [2.24, 2.45) is 11.3 Å². The van der Waals surface area contributed by atoms with E-state index >= 15 is 0 Å². The number of carbonyl (C=O) groups is 3. The number of aryl methyl sites for hydroxylation is 1. The molecule has 0 aliphatic carbocycles.